The zero-order chi connectivity index (χ0) is 12.3. The van der Waals surface area contributed by atoms with Gasteiger partial charge in [-0.25, -0.2) is 9.37 Å². The number of hydrogen-bond donors (Lipinski definition) is 1. The average molecular weight is 255 g/mol. The number of hydrogen-bond acceptors (Lipinski definition) is 3. The average Bonchev–Trinajstić information content (AvgIpc) is 2.78. The van der Waals surface area contributed by atoms with Crippen LogP contribution >= 0.6 is 11.6 Å². The molecule has 0 fully saturated rings. The summed E-state index contributed by atoms with van der Waals surface area (Å²) >= 11 is 5.81. The lowest BCUT2D eigenvalue weighted by Gasteiger charge is -1.98. The smallest absolute Gasteiger partial charge is 0.229 e. The van der Waals surface area contributed by atoms with Crippen molar-refractivity contribution < 1.29 is 8.81 Å². The molecule has 0 amide bonds. The topological polar surface area (TPSA) is 38.1 Å². The van der Waals surface area contributed by atoms with Gasteiger partial charge >= 0.3 is 0 Å². The maximum Gasteiger partial charge on any atom is 0.229 e. The van der Waals surface area contributed by atoms with Crippen molar-refractivity contribution in [2.45, 2.75) is 13.5 Å². The summed E-state index contributed by atoms with van der Waals surface area (Å²) in [4.78, 5) is 4.19. The van der Waals surface area contributed by atoms with Gasteiger partial charge in [-0.05, 0) is 24.7 Å². The minimum atomic E-state index is -0.397. The molecule has 0 unspecified atom stereocenters. The molecular formula is C12H12ClFN2O. The molecule has 3 nitrogen and oxygen atoms in total. The quantitative estimate of drug-likeness (QED) is 0.910. The van der Waals surface area contributed by atoms with Gasteiger partial charge in [0.15, 0.2) is 0 Å². The van der Waals surface area contributed by atoms with Crippen molar-refractivity contribution in [3.8, 4) is 11.5 Å². The fourth-order valence-corrected chi connectivity index (χ4v) is 1.60. The number of halogens is 2. The normalized spacial score (nSPS) is 10.8. The summed E-state index contributed by atoms with van der Waals surface area (Å²) < 4.78 is 18.8. The van der Waals surface area contributed by atoms with Crippen molar-refractivity contribution in [2.24, 2.45) is 0 Å². The number of benzene rings is 1. The molecular weight excluding hydrogens is 243 g/mol. The first-order valence-corrected chi connectivity index (χ1v) is 5.69. The van der Waals surface area contributed by atoms with E-state index in [-0.39, 0.29) is 11.5 Å². The molecule has 0 spiro atoms. The number of rotatable bonds is 4. The third-order valence-corrected chi connectivity index (χ3v) is 2.50. The van der Waals surface area contributed by atoms with E-state index in [2.05, 4.69) is 10.3 Å². The van der Waals surface area contributed by atoms with Gasteiger partial charge in [0.1, 0.15) is 12.1 Å². The zero-order valence-electron chi connectivity index (χ0n) is 9.34. The van der Waals surface area contributed by atoms with Crippen LogP contribution in [0.2, 0.25) is 5.02 Å². The van der Waals surface area contributed by atoms with Gasteiger partial charge in [0.05, 0.1) is 11.3 Å². The minimum Gasteiger partial charge on any atom is -0.444 e. The van der Waals surface area contributed by atoms with Gasteiger partial charge in [-0.1, -0.05) is 18.5 Å². The highest BCUT2D eigenvalue weighted by molar-refractivity contribution is 6.30. The van der Waals surface area contributed by atoms with Gasteiger partial charge in [-0.15, -0.1) is 0 Å². The third kappa shape index (κ3) is 2.84. The molecule has 0 aliphatic carbocycles. The van der Waals surface area contributed by atoms with E-state index in [1.807, 2.05) is 6.92 Å². The number of oxazole rings is 1. The van der Waals surface area contributed by atoms with Crippen molar-refractivity contribution >= 4 is 11.6 Å². The van der Waals surface area contributed by atoms with E-state index in [4.69, 9.17) is 16.0 Å². The van der Waals surface area contributed by atoms with Gasteiger partial charge < -0.3 is 9.73 Å². The SMILES string of the molecule is CCNCc1coc(-c2cc(Cl)ccc2F)n1. The van der Waals surface area contributed by atoms with Gasteiger partial charge in [-0.3, -0.25) is 0 Å². The monoisotopic (exact) mass is 254 g/mol. The van der Waals surface area contributed by atoms with Crippen LogP contribution in [0.1, 0.15) is 12.6 Å². The molecule has 90 valence electrons. The molecule has 0 saturated carbocycles. The second-order valence-corrected chi connectivity index (χ2v) is 3.98. The summed E-state index contributed by atoms with van der Waals surface area (Å²) in [6, 6.07) is 4.29. The van der Waals surface area contributed by atoms with E-state index in [9.17, 15) is 4.39 Å². The Balaban J connectivity index is 2.27. The standard InChI is InChI=1S/C12H12ClFN2O/c1-2-15-6-9-7-17-12(16-9)10-5-8(13)3-4-11(10)14/h3-5,7,15H,2,6H2,1H3. The second-order valence-electron chi connectivity index (χ2n) is 3.55. The summed E-state index contributed by atoms with van der Waals surface area (Å²) in [7, 11) is 0. The Labute approximate surface area is 104 Å². The Morgan fingerprint density at radius 2 is 2.29 bits per heavy atom. The van der Waals surface area contributed by atoms with Gasteiger partial charge in [0.25, 0.3) is 0 Å². The van der Waals surface area contributed by atoms with Crippen LogP contribution in [0.25, 0.3) is 11.5 Å². The Hall–Kier alpha value is -1.39. The first-order chi connectivity index (χ1) is 8.20. The minimum absolute atomic E-state index is 0.248. The van der Waals surface area contributed by atoms with Crippen LogP contribution < -0.4 is 5.32 Å². The van der Waals surface area contributed by atoms with Gasteiger partial charge in [0, 0.05) is 11.6 Å². The lowest BCUT2D eigenvalue weighted by Crippen LogP contribution is -2.11. The molecule has 2 aromatic rings. The van der Waals surface area contributed by atoms with E-state index < -0.39 is 5.82 Å². The Morgan fingerprint density at radius 3 is 3.06 bits per heavy atom. The van der Waals surface area contributed by atoms with Crippen molar-refractivity contribution in [3.63, 3.8) is 0 Å². The molecule has 0 radical (unpaired) electrons. The van der Waals surface area contributed by atoms with Crippen molar-refractivity contribution in [2.75, 3.05) is 6.54 Å². The molecule has 1 aromatic heterocycles. The second kappa shape index (κ2) is 5.29. The summed E-state index contributed by atoms with van der Waals surface area (Å²) in [5.41, 5.74) is 1.02. The van der Waals surface area contributed by atoms with E-state index in [1.54, 1.807) is 0 Å². The molecule has 17 heavy (non-hydrogen) atoms. The Kier molecular flexibility index (Phi) is 3.76. The molecule has 0 saturated heterocycles. The Morgan fingerprint density at radius 1 is 1.47 bits per heavy atom. The molecule has 0 aliphatic heterocycles. The zero-order valence-corrected chi connectivity index (χ0v) is 10.1. The van der Waals surface area contributed by atoms with E-state index in [0.717, 1.165) is 12.2 Å². The van der Waals surface area contributed by atoms with E-state index >= 15 is 0 Å². The molecule has 1 heterocycles. The highest BCUT2D eigenvalue weighted by Gasteiger charge is 2.11. The third-order valence-electron chi connectivity index (χ3n) is 2.27. The predicted octanol–water partition coefficient (Wildman–Crippen LogP) is 3.24. The summed E-state index contributed by atoms with van der Waals surface area (Å²) in [6.07, 6.45) is 1.51. The molecule has 2 rings (SSSR count). The molecule has 1 N–H and O–H groups in total. The largest absolute Gasteiger partial charge is 0.444 e. The fourth-order valence-electron chi connectivity index (χ4n) is 1.43. The maximum absolute atomic E-state index is 13.5. The highest BCUT2D eigenvalue weighted by Crippen LogP contribution is 2.25. The van der Waals surface area contributed by atoms with Crippen molar-refractivity contribution in [3.05, 3.63) is 41.0 Å². The highest BCUT2D eigenvalue weighted by atomic mass is 35.5. The molecule has 0 bridgehead atoms. The van der Waals surface area contributed by atoms with Crippen LogP contribution in [0.3, 0.4) is 0 Å². The first-order valence-electron chi connectivity index (χ1n) is 5.31. The van der Waals surface area contributed by atoms with Crippen LogP contribution in [-0.2, 0) is 6.54 Å². The maximum atomic E-state index is 13.5. The number of aromatic nitrogens is 1. The van der Waals surface area contributed by atoms with Crippen molar-refractivity contribution in [1.29, 1.82) is 0 Å². The Bertz CT molecular complexity index is 513. The fraction of sp³-hybridized carbons (Fsp3) is 0.250. The van der Waals surface area contributed by atoms with E-state index in [1.165, 1.54) is 24.5 Å². The van der Waals surface area contributed by atoms with Gasteiger partial charge in [-0.2, -0.15) is 0 Å². The lowest BCUT2D eigenvalue weighted by atomic mass is 10.2. The first kappa shape index (κ1) is 12.1. The van der Waals surface area contributed by atoms with Crippen LogP contribution in [-0.4, -0.2) is 11.5 Å². The van der Waals surface area contributed by atoms with Crippen LogP contribution in [0.15, 0.2) is 28.9 Å². The summed E-state index contributed by atoms with van der Waals surface area (Å²) in [6.45, 7) is 3.44. The van der Waals surface area contributed by atoms with Crippen LogP contribution in [0, 0.1) is 5.82 Å². The number of nitrogens with one attached hydrogen (secondary N) is 1. The predicted molar refractivity (Wildman–Crippen MR) is 64.3 cm³/mol. The van der Waals surface area contributed by atoms with Gasteiger partial charge in [0.2, 0.25) is 5.89 Å². The molecule has 1 aromatic carbocycles. The van der Waals surface area contributed by atoms with Crippen molar-refractivity contribution in [1.82, 2.24) is 10.3 Å². The number of nitrogens with zero attached hydrogens (tertiary/aromatic N) is 1. The molecule has 0 atom stereocenters. The van der Waals surface area contributed by atoms with E-state index in [0.29, 0.717) is 11.6 Å². The molecule has 0 aliphatic rings. The summed E-state index contributed by atoms with van der Waals surface area (Å²) in [5.74, 6) is -0.149. The molecule has 5 heteroatoms. The lowest BCUT2D eigenvalue weighted by molar-refractivity contribution is 0.559. The summed E-state index contributed by atoms with van der Waals surface area (Å²) in [5, 5.41) is 3.56. The van der Waals surface area contributed by atoms with Crippen LogP contribution in [0.5, 0.6) is 0 Å². The van der Waals surface area contributed by atoms with Crippen LogP contribution in [0.4, 0.5) is 4.39 Å².